The Kier molecular flexibility index (Phi) is 3.53. The molecule has 3 nitrogen and oxygen atoms in total. The topological polar surface area (TPSA) is 42.8 Å². The number of H-pyrrole nitrogens is 1. The number of piperidine rings is 1. The number of para-hydroxylation sites is 1. The standard InChI is InChI=1S/C20H22ClN3/c1-3-19-9-8-18(20(21,11-19)12-22)24(13-19)14(2)16-10-23-17-7-5-4-6-15(16)17/h4-10,14,18,23H,3,11,13H2,1-2H3. The Hall–Kier alpha value is -1.76. The highest BCUT2D eigenvalue weighted by atomic mass is 35.5. The summed E-state index contributed by atoms with van der Waals surface area (Å²) in [5, 5.41) is 11.0. The van der Waals surface area contributed by atoms with Gasteiger partial charge < -0.3 is 4.98 Å². The predicted molar refractivity (Wildman–Crippen MR) is 97.9 cm³/mol. The van der Waals surface area contributed by atoms with E-state index in [1.807, 2.05) is 6.07 Å². The minimum Gasteiger partial charge on any atom is -0.361 e. The Labute approximate surface area is 147 Å². The van der Waals surface area contributed by atoms with Crippen LogP contribution in [-0.2, 0) is 0 Å². The summed E-state index contributed by atoms with van der Waals surface area (Å²) < 4.78 is 0. The van der Waals surface area contributed by atoms with Crippen LogP contribution in [0.3, 0.4) is 0 Å². The number of fused-ring (bicyclic) bond motifs is 3. The molecule has 1 aromatic heterocycles. The normalized spacial score (nSPS) is 33.7. The fourth-order valence-electron chi connectivity index (χ4n) is 4.52. The van der Waals surface area contributed by atoms with Gasteiger partial charge in [-0.25, -0.2) is 0 Å². The van der Waals surface area contributed by atoms with Crippen molar-refractivity contribution in [2.45, 2.75) is 43.6 Å². The molecule has 2 aromatic rings. The Morgan fingerprint density at radius 1 is 1.46 bits per heavy atom. The number of aromatic amines is 1. The third-order valence-electron chi connectivity index (χ3n) is 6.02. The van der Waals surface area contributed by atoms with Crippen molar-refractivity contribution >= 4 is 22.5 Å². The van der Waals surface area contributed by atoms with Gasteiger partial charge in [-0.3, -0.25) is 4.90 Å². The number of benzene rings is 1. The van der Waals surface area contributed by atoms with Gasteiger partial charge in [-0.15, -0.1) is 11.6 Å². The number of halogens is 1. The van der Waals surface area contributed by atoms with Crippen LogP contribution in [0.5, 0.6) is 0 Å². The van der Waals surface area contributed by atoms with Gasteiger partial charge in [0.1, 0.15) is 0 Å². The van der Waals surface area contributed by atoms with Crippen LogP contribution in [0.1, 0.15) is 38.3 Å². The molecule has 1 N–H and O–H groups in total. The van der Waals surface area contributed by atoms with Crippen LogP contribution in [-0.4, -0.2) is 27.3 Å². The van der Waals surface area contributed by atoms with E-state index in [-0.39, 0.29) is 17.5 Å². The van der Waals surface area contributed by atoms with Gasteiger partial charge in [0.05, 0.1) is 12.1 Å². The van der Waals surface area contributed by atoms with Gasteiger partial charge in [-0.1, -0.05) is 37.3 Å². The second kappa shape index (κ2) is 5.37. The second-order valence-corrected chi connectivity index (χ2v) is 7.98. The number of alkyl halides is 1. The number of hydrogen-bond donors (Lipinski definition) is 1. The lowest BCUT2D eigenvalue weighted by Gasteiger charge is -2.55. The zero-order valence-corrected chi connectivity index (χ0v) is 14.8. The number of aromatic nitrogens is 1. The molecule has 2 bridgehead atoms. The van der Waals surface area contributed by atoms with Crippen LogP contribution in [0.15, 0.2) is 42.6 Å². The molecule has 5 rings (SSSR count). The van der Waals surface area contributed by atoms with Crippen LogP contribution >= 0.6 is 11.6 Å². The van der Waals surface area contributed by atoms with Gasteiger partial charge in [0, 0.05) is 35.1 Å². The summed E-state index contributed by atoms with van der Waals surface area (Å²) in [5.41, 5.74) is 2.43. The van der Waals surface area contributed by atoms with Crippen molar-refractivity contribution in [1.29, 1.82) is 5.26 Å². The van der Waals surface area contributed by atoms with E-state index in [4.69, 9.17) is 11.6 Å². The van der Waals surface area contributed by atoms with E-state index in [0.29, 0.717) is 0 Å². The zero-order valence-electron chi connectivity index (χ0n) is 14.1. The quantitative estimate of drug-likeness (QED) is 0.646. The SMILES string of the molecule is CCC12C=CC(N(C(C)c3c[nH]c4ccccc34)C1)C(Cl)(C#N)C2. The number of nitriles is 1. The van der Waals surface area contributed by atoms with E-state index in [9.17, 15) is 5.26 Å². The highest BCUT2D eigenvalue weighted by molar-refractivity contribution is 6.26. The van der Waals surface area contributed by atoms with E-state index in [0.717, 1.165) is 24.9 Å². The molecule has 24 heavy (non-hydrogen) atoms. The van der Waals surface area contributed by atoms with Crippen molar-refractivity contribution in [3.8, 4) is 6.07 Å². The average Bonchev–Trinajstić information content (AvgIpc) is 3.05. The predicted octanol–water partition coefficient (Wildman–Crippen LogP) is 4.77. The van der Waals surface area contributed by atoms with E-state index < -0.39 is 4.87 Å². The first kappa shape index (κ1) is 15.7. The zero-order chi connectivity index (χ0) is 16.9. The average molecular weight is 340 g/mol. The van der Waals surface area contributed by atoms with Crippen molar-refractivity contribution in [1.82, 2.24) is 9.88 Å². The van der Waals surface area contributed by atoms with Crippen molar-refractivity contribution in [3.05, 3.63) is 48.2 Å². The fraction of sp³-hybridized carbons (Fsp3) is 0.450. The first-order valence-corrected chi connectivity index (χ1v) is 9.01. The highest BCUT2D eigenvalue weighted by Gasteiger charge is 2.55. The summed E-state index contributed by atoms with van der Waals surface area (Å²) in [6, 6.07) is 10.9. The van der Waals surface area contributed by atoms with Crippen molar-refractivity contribution < 1.29 is 0 Å². The molecule has 0 spiro atoms. The molecule has 3 aliphatic rings. The molecule has 1 saturated heterocycles. The van der Waals surface area contributed by atoms with Gasteiger partial charge in [0.25, 0.3) is 0 Å². The molecule has 1 aliphatic carbocycles. The van der Waals surface area contributed by atoms with Crippen LogP contribution in [0, 0.1) is 16.7 Å². The van der Waals surface area contributed by atoms with Gasteiger partial charge in [-0.05, 0) is 31.4 Å². The lowest BCUT2D eigenvalue weighted by Crippen LogP contribution is -2.62. The molecule has 0 amide bonds. The molecule has 0 saturated carbocycles. The van der Waals surface area contributed by atoms with E-state index >= 15 is 0 Å². The summed E-state index contributed by atoms with van der Waals surface area (Å²) in [7, 11) is 0. The molecular weight excluding hydrogens is 318 g/mol. The molecular formula is C20H22ClN3. The van der Waals surface area contributed by atoms with E-state index in [1.54, 1.807) is 0 Å². The Balaban J connectivity index is 1.76. The Bertz CT molecular complexity index is 848. The van der Waals surface area contributed by atoms with Crippen LogP contribution in [0.4, 0.5) is 0 Å². The second-order valence-electron chi connectivity index (χ2n) is 7.31. The van der Waals surface area contributed by atoms with Crippen LogP contribution < -0.4 is 0 Å². The van der Waals surface area contributed by atoms with E-state index in [1.165, 1.54) is 10.9 Å². The molecule has 4 unspecified atom stereocenters. The summed E-state index contributed by atoms with van der Waals surface area (Å²) >= 11 is 6.78. The molecule has 4 atom stereocenters. The minimum absolute atomic E-state index is 0.00655. The van der Waals surface area contributed by atoms with Crippen LogP contribution in [0.25, 0.3) is 10.9 Å². The van der Waals surface area contributed by atoms with Gasteiger partial charge in [-0.2, -0.15) is 5.26 Å². The molecule has 124 valence electrons. The van der Waals surface area contributed by atoms with Crippen molar-refractivity contribution in [2.24, 2.45) is 5.41 Å². The minimum atomic E-state index is -0.830. The molecule has 1 aromatic carbocycles. The van der Waals surface area contributed by atoms with Crippen molar-refractivity contribution in [2.75, 3.05) is 6.54 Å². The third kappa shape index (κ3) is 2.13. The third-order valence-corrected chi connectivity index (χ3v) is 6.47. The number of hydrogen-bond acceptors (Lipinski definition) is 2. The number of nitrogens with zero attached hydrogens (tertiary/aromatic N) is 2. The fourth-order valence-corrected chi connectivity index (χ4v) is 4.99. The molecule has 3 heterocycles. The van der Waals surface area contributed by atoms with Gasteiger partial charge in [0.2, 0.25) is 0 Å². The maximum atomic E-state index is 9.74. The maximum absolute atomic E-state index is 9.74. The summed E-state index contributed by atoms with van der Waals surface area (Å²) in [6.07, 6.45) is 8.31. The first-order valence-electron chi connectivity index (χ1n) is 8.63. The van der Waals surface area contributed by atoms with Gasteiger partial charge >= 0.3 is 0 Å². The largest absolute Gasteiger partial charge is 0.361 e. The highest BCUT2D eigenvalue weighted by Crippen LogP contribution is 2.52. The smallest absolute Gasteiger partial charge is 0.150 e. The lowest BCUT2D eigenvalue weighted by atomic mass is 9.65. The number of rotatable bonds is 3. The monoisotopic (exact) mass is 339 g/mol. The molecule has 2 aliphatic heterocycles. The summed E-state index contributed by atoms with van der Waals surface area (Å²) in [6.45, 7) is 5.38. The number of nitrogens with one attached hydrogen (secondary N) is 1. The first-order chi connectivity index (χ1) is 11.5. The van der Waals surface area contributed by atoms with Gasteiger partial charge in [0.15, 0.2) is 4.87 Å². The lowest BCUT2D eigenvalue weighted by molar-refractivity contribution is 0.0269. The van der Waals surface area contributed by atoms with Crippen molar-refractivity contribution in [3.63, 3.8) is 0 Å². The van der Waals surface area contributed by atoms with Crippen LogP contribution in [0.2, 0.25) is 0 Å². The van der Waals surface area contributed by atoms with E-state index in [2.05, 4.69) is 66.3 Å². The summed E-state index contributed by atoms with van der Waals surface area (Å²) in [4.78, 5) is 4.95. The molecule has 1 fully saturated rings. The summed E-state index contributed by atoms with van der Waals surface area (Å²) in [5.74, 6) is 0. The maximum Gasteiger partial charge on any atom is 0.150 e. The molecule has 0 radical (unpaired) electrons. The Morgan fingerprint density at radius 3 is 3.00 bits per heavy atom. The Morgan fingerprint density at radius 2 is 2.25 bits per heavy atom. The molecule has 4 heteroatoms.